The molecule has 0 heterocycles. The molecule has 0 aliphatic rings. The van der Waals surface area contributed by atoms with E-state index in [4.69, 9.17) is 0 Å². The summed E-state index contributed by atoms with van der Waals surface area (Å²) in [6.07, 6.45) is 10.8. The quantitative estimate of drug-likeness (QED) is 0.474. The molecule has 72 valence electrons. The van der Waals surface area contributed by atoms with Gasteiger partial charge in [0.25, 0.3) is 0 Å². The first-order valence-corrected chi connectivity index (χ1v) is 4.64. The Morgan fingerprint density at radius 1 is 1.38 bits per heavy atom. The minimum atomic E-state index is 0.608. The first-order valence-electron chi connectivity index (χ1n) is 4.64. The second kappa shape index (κ2) is 7.56. The molecule has 0 aromatic rings. The zero-order chi connectivity index (χ0) is 10.1. The summed E-state index contributed by atoms with van der Waals surface area (Å²) in [7, 11) is 0. The highest BCUT2D eigenvalue weighted by Gasteiger charge is 1.88. The van der Waals surface area contributed by atoms with E-state index in [1.54, 1.807) is 0 Å². The van der Waals surface area contributed by atoms with Crippen molar-refractivity contribution in [2.24, 2.45) is 0 Å². The summed E-state index contributed by atoms with van der Waals surface area (Å²) >= 11 is 0. The summed E-state index contributed by atoms with van der Waals surface area (Å²) in [6, 6.07) is 0.608. The highest BCUT2D eigenvalue weighted by Crippen LogP contribution is 2.02. The number of quaternary nitrogens is 1. The molecule has 2 N–H and O–H groups in total. The third-order valence-corrected chi connectivity index (χ3v) is 1.56. The molecular formula is C12H20N+. The Balaban J connectivity index is 3.97. The fourth-order valence-corrected chi connectivity index (χ4v) is 0.852. The van der Waals surface area contributed by atoms with Gasteiger partial charge < -0.3 is 5.32 Å². The van der Waals surface area contributed by atoms with E-state index in [1.165, 1.54) is 5.57 Å². The molecule has 0 fully saturated rings. The van der Waals surface area contributed by atoms with Crippen LogP contribution in [0, 0.1) is 0 Å². The van der Waals surface area contributed by atoms with Crippen molar-refractivity contribution in [2.45, 2.75) is 26.3 Å². The van der Waals surface area contributed by atoms with Crippen molar-refractivity contribution in [3.05, 3.63) is 49.2 Å². The predicted octanol–water partition coefficient (Wildman–Crippen LogP) is 2.16. The summed E-state index contributed by atoms with van der Waals surface area (Å²) in [6.45, 7) is 11.7. The molecule has 0 bridgehead atoms. The third kappa shape index (κ3) is 7.29. The predicted molar refractivity (Wildman–Crippen MR) is 59.3 cm³/mol. The van der Waals surface area contributed by atoms with Gasteiger partial charge in [-0.15, -0.1) is 6.58 Å². The topological polar surface area (TPSA) is 16.6 Å². The molecule has 0 amide bonds. The Morgan fingerprint density at radius 3 is 2.54 bits per heavy atom. The molecule has 0 saturated heterocycles. The molecule has 0 radical (unpaired) electrons. The molecule has 1 heteroatoms. The molecule has 1 nitrogen and oxygen atoms in total. The van der Waals surface area contributed by atoms with Crippen LogP contribution in [0.1, 0.15) is 20.3 Å². The number of hydrogen-bond acceptors (Lipinski definition) is 0. The SMILES string of the molecule is C=CC/C(C=C)=C\C=C/[NH2+]C(C)C. The van der Waals surface area contributed by atoms with E-state index < -0.39 is 0 Å². The minimum Gasteiger partial charge on any atom is -0.318 e. The Morgan fingerprint density at radius 2 is 2.08 bits per heavy atom. The molecule has 0 saturated carbocycles. The average molecular weight is 178 g/mol. The fourth-order valence-electron chi connectivity index (χ4n) is 0.852. The van der Waals surface area contributed by atoms with Gasteiger partial charge in [-0.2, -0.15) is 0 Å². The first kappa shape index (κ1) is 11.9. The van der Waals surface area contributed by atoms with E-state index in [-0.39, 0.29) is 0 Å². The lowest BCUT2D eigenvalue weighted by molar-refractivity contribution is -0.618. The van der Waals surface area contributed by atoms with Crippen LogP contribution >= 0.6 is 0 Å². The maximum absolute atomic E-state index is 3.73. The Hall–Kier alpha value is -1.08. The maximum atomic E-state index is 3.73. The number of hydrogen-bond donors (Lipinski definition) is 1. The zero-order valence-electron chi connectivity index (χ0n) is 8.66. The van der Waals surface area contributed by atoms with Crippen molar-refractivity contribution in [1.29, 1.82) is 0 Å². The van der Waals surface area contributed by atoms with E-state index >= 15 is 0 Å². The third-order valence-electron chi connectivity index (χ3n) is 1.56. The summed E-state index contributed by atoms with van der Waals surface area (Å²) in [5.41, 5.74) is 1.20. The summed E-state index contributed by atoms with van der Waals surface area (Å²) in [4.78, 5) is 0. The van der Waals surface area contributed by atoms with E-state index in [0.717, 1.165) is 6.42 Å². The number of nitrogens with two attached hydrogens (primary N) is 1. The van der Waals surface area contributed by atoms with Gasteiger partial charge in [-0.05, 0) is 31.9 Å². The van der Waals surface area contributed by atoms with Gasteiger partial charge in [-0.1, -0.05) is 24.8 Å². The van der Waals surface area contributed by atoms with Crippen LogP contribution in [0.15, 0.2) is 49.2 Å². The molecule has 0 rings (SSSR count). The molecule has 0 aromatic heterocycles. The second-order valence-electron chi connectivity index (χ2n) is 3.26. The van der Waals surface area contributed by atoms with Crippen LogP contribution in [0.25, 0.3) is 0 Å². The van der Waals surface area contributed by atoms with E-state index in [0.29, 0.717) is 6.04 Å². The lowest BCUT2D eigenvalue weighted by Gasteiger charge is -1.96. The summed E-state index contributed by atoms with van der Waals surface area (Å²) < 4.78 is 0. The lowest BCUT2D eigenvalue weighted by Crippen LogP contribution is -2.82. The Kier molecular flexibility index (Phi) is 6.93. The molecule has 13 heavy (non-hydrogen) atoms. The maximum Gasteiger partial charge on any atom is 0.0927 e. The van der Waals surface area contributed by atoms with Crippen LogP contribution in [-0.4, -0.2) is 6.04 Å². The Bertz CT molecular complexity index is 209. The monoisotopic (exact) mass is 178 g/mol. The van der Waals surface area contributed by atoms with Crippen LogP contribution in [0.4, 0.5) is 0 Å². The van der Waals surface area contributed by atoms with Crippen LogP contribution in [0.5, 0.6) is 0 Å². The Labute approximate surface area is 81.5 Å². The van der Waals surface area contributed by atoms with Crippen molar-refractivity contribution in [1.82, 2.24) is 0 Å². The normalized spacial score (nSPS) is 12.4. The van der Waals surface area contributed by atoms with Gasteiger partial charge in [-0.3, -0.25) is 0 Å². The standard InChI is InChI=1S/C12H19N/c1-5-8-12(6-2)9-7-10-13-11(3)4/h5-7,9-11,13H,1-2,8H2,3-4H3/p+1/b10-7-,12-9-. The van der Waals surface area contributed by atoms with Crippen LogP contribution < -0.4 is 5.32 Å². The van der Waals surface area contributed by atoms with Gasteiger partial charge in [-0.25, -0.2) is 0 Å². The van der Waals surface area contributed by atoms with Crippen LogP contribution in [0.2, 0.25) is 0 Å². The van der Waals surface area contributed by atoms with Gasteiger partial charge in [0.05, 0.1) is 12.2 Å². The second-order valence-corrected chi connectivity index (χ2v) is 3.26. The zero-order valence-corrected chi connectivity index (χ0v) is 8.66. The smallest absolute Gasteiger partial charge is 0.0927 e. The molecule has 0 aliphatic carbocycles. The van der Waals surface area contributed by atoms with Crippen LogP contribution in [0.3, 0.4) is 0 Å². The van der Waals surface area contributed by atoms with Crippen molar-refractivity contribution >= 4 is 0 Å². The van der Waals surface area contributed by atoms with Crippen molar-refractivity contribution in [3.8, 4) is 0 Å². The van der Waals surface area contributed by atoms with Gasteiger partial charge >= 0.3 is 0 Å². The fraction of sp³-hybridized carbons (Fsp3) is 0.333. The molecule has 0 atom stereocenters. The van der Waals surface area contributed by atoms with Crippen LogP contribution in [-0.2, 0) is 0 Å². The summed E-state index contributed by atoms with van der Waals surface area (Å²) in [5, 5.41) is 2.16. The van der Waals surface area contributed by atoms with Gasteiger partial charge in [0, 0.05) is 0 Å². The molecule has 0 aromatic carbocycles. The molecule has 0 aliphatic heterocycles. The van der Waals surface area contributed by atoms with Gasteiger partial charge in [0.2, 0.25) is 0 Å². The van der Waals surface area contributed by atoms with E-state index in [2.05, 4.69) is 44.6 Å². The first-order chi connectivity index (χ1) is 6.20. The van der Waals surface area contributed by atoms with Crippen molar-refractivity contribution in [3.63, 3.8) is 0 Å². The molecular weight excluding hydrogens is 158 g/mol. The average Bonchev–Trinajstić information content (AvgIpc) is 2.10. The molecule has 0 spiro atoms. The lowest BCUT2D eigenvalue weighted by atomic mass is 10.2. The minimum absolute atomic E-state index is 0.608. The highest BCUT2D eigenvalue weighted by molar-refractivity contribution is 5.23. The van der Waals surface area contributed by atoms with E-state index in [9.17, 15) is 0 Å². The highest BCUT2D eigenvalue weighted by atomic mass is 14.9. The molecule has 0 unspecified atom stereocenters. The van der Waals surface area contributed by atoms with E-state index in [1.807, 2.05) is 18.2 Å². The number of allylic oxidation sites excluding steroid dienone is 5. The van der Waals surface area contributed by atoms with Gasteiger partial charge in [0.15, 0.2) is 0 Å². The number of rotatable bonds is 6. The summed E-state index contributed by atoms with van der Waals surface area (Å²) in [5.74, 6) is 0. The van der Waals surface area contributed by atoms with Gasteiger partial charge in [0.1, 0.15) is 0 Å². The largest absolute Gasteiger partial charge is 0.318 e. The van der Waals surface area contributed by atoms with Crippen molar-refractivity contribution < 1.29 is 5.32 Å². The van der Waals surface area contributed by atoms with Crippen molar-refractivity contribution in [2.75, 3.05) is 0 Å².